The largest absolute Gasteiger partial charge is 0.353 e. The van der Waals surface area contributed by atoms with Crippen molar-refractivity contribution in [2.45, 2.75) is 32.6 Å². The molecule has 0 fully saturated rings. The monoisotopic (exact) mass is 370 g/mol. The molecule has 0 saturated heterocycles. The normalized spacial score (nSPS) is 11.7. The second-order valence-electron chi connectivity index (χ2n) is 6.39. The molecule has 0 saturated carbocycles. The highest BCUT2D eigenvalue weighted by Crippen LogP contribution is 2.12. The van der Waals surface area contributed by atoms with Gasteiger partial charge >= 0.3 is 0 Å². The molecule has 0 aliphatic carbocycles. The van der Waals surface area contributed by atoms with Gasteiger partial charge in [0.05, 0.1) is 0 Å². The van der Waals surface area contributed by atoms with Gasteiger partial charge in [-0.3, -0.25) is 9.59 Å². The fourth-order valence-corrected chi connectivity index (χ4v) is 3.22. The molecule has 0 aliphatic rings. The highest BCUT2D eigenvalue weighted by molar-refractivity contribution is 7.98. The van der Waals surface area contributed by atoms with Crippen molar-refractivity contribution in [1.82, 2.24) is 10.6 Å². The summed E-state index contributed by atoms with van der Waals surface area (Å²) in [4.78, 5) is 24.3. The van der Waals surface area contributed by atoms with Crippen molar-refractivity contribution in [3.63, 3.8) is 0 Å². The smallest absolute Gasteiger partial charge is 0.251 e. The Hall–Kier alpha value is -2.27. The zero-order valence-corrected chi connectivity index (χ0v) is 16.4. The van der Waals surface area contributed by atoms with Crippen molar-refractivity contribution in [2.24, 2.45) is 0 Å². The van der Waals surface area contributed by atoms with Gasteiger partial charge in [0.25, 0.3) is 5.91 Å². The zero-order valence-electron chi connectivity index (χ0n) is 15.5. The Balaban J connectivity index is 1.67. The van der Waals surface area contributed by atoms with Gasteiger partial charge in [0.1, 0.15) is 6.04 Å². The van der Waals surface area contributed by atoms with Crippen LogP contribution in [-0.4, -0.2) is 30.2 Å². The molecule has 4 nitrogen and oxygen atoms in total. The van der Waals surface area contributed by atoms with Gasteiger partial charge in [-0.1, -0.05) is 47.5 Å². The Morgan fingerprint density at radius 1 is 1.04 bits per heavy atom. The van der Waals surface area contributed by atoms with Crippen LogP contribution in [-0.2, 0) is 10.5 Å². The van der Waals surface area contributed by atoms with E-state index in [1.165, 1.54) is 11.1 Å². The van der Waals surface area contributed by atoms with Gasteiger partial charge in [-0.15, -0.1) is 0 Å². The summed E-state index contributed by atoms with van der Waals surface area (Å²) in [5, 5.41) is 5.61. The standard InChI is InChI=1S/C21H26N2O2S/c1-15-7-9-18(10-8-15)14-26-12-11-22-20(24)17(3)23-21(25)19-6-4-5-16(2)13-19/h4-10,13,17H,11-12,14H2,1-3H3,(H,22,24)(H,23,25)/t17-/m0/s1. The van der Waals surface area contributed by atoms with E-state index in [1.54, 1.807) is 24.8 Å². The highest BCUT2D eigenvalue weighted by Gasteiger charge is 2.16. The average molecular weight is 371 g/mol. The molecule has 26 heavy (non-hydrogen) atoms. The number of carbonyl (C=O) groups is 2. The number of hydrogen-bond acceptors (Lipinski definition) is 3. The summed E-state index contributed by atoms with van der Waals surface area (Å²) in [6, 6.07) is 15.2. The molecular formula is C21H26N2O2S. The van der Waals surface area contributed by atoms with E-state index in [0.717, 1.165) is 17.1 Å². The third-order valence-electron chi connectivity index (χ3n) is 3.96. The molecule has 2 amide bonds. The van der Waals surface area contributed by atoms with Crippen LogP contribution in [0.1, 0.15) is 34.0 Å². The van der Waals surface area contributed by atoms with E-state index in [-0.39, 0.29) is 11.8 Å². The van der Waals surface area contributed by atoms with Gasteiger partial charge in [-0.05, 0) is 38.5 Å². The van der Waals surface area contributed by atoms with E-state index >= 15 is 0 Å². The lowest BCUT2D eigenvalue weighted by molar-refractivity contribution is -0.122. The van der Waals surface area contributed by atoms with E-state index in [2.05, 4.69) is 41.8 Å². The maximum absolute atomic E-state index is 12.2. The molecule has 0 spiro atoms. The van der Waals surface area contributed by atoms with E-state index in [0.29, 0.717) is 12.1 Å². The average Bonchev–Trinajstić information content (AvgIpc) is 2.62. The van der Waals surface area contributed by atoms with Crippen molar-refractivity contribution < 1.29 is 9.59 Å². The van der Waals surface area contributed by atoms with Crippen molar-refractivity contribution in [1.29, 1.82) is 0 Å². The van der Waals surface area contributed by atoms with E-state index in [4.69, 9.17) is 0 Å². The number of benzene rings is 2. The van der Waals surface area contributed by atoms with Crippen LogP contribution in [0, 0.1) is 13.8 Å². The molecule has 0 heterocycles. The number of rotatable bonds is 8. The van der Waals surface area contributed by atoms with Crippen LogP contribution in [0.3, 0.4) is 0 Å². The highest BCUT2D eigenvalue weighted by atomic mass is 32.2. The Morgan fingerprint density at radius 2 is 1.77 bits per heavy atom. The van der Waals surface area contributed by atoms with Crippen LogP contribution in [0.4, 0.5) is 0 Å². The van der Waals surface area contributed by atoms with Gasteiger partial charge in [0.15, 0.2) is 0 Å². The van der Waals surface area contributed by atoms with Crippen LogP contribution < -0.4 is 10.6 Å². The predicted molar refractivity (Wildman–Crippen MR) is 108 cm³/mol. The van der Waals surface area contributed by atoms with Gasteiger partial charge in [-0.2, -0.15) is 11.8 Å². The number of thioether (sulfide) groups is 1. The van der Waals surface area contributed by atoms with Crippen molar-refractivity contribution in [3.8, 4) is 0 Å². The summed E-state index contributed by atoms with van der Waals surface area (Å²) >= 11 is 1.78. The second kappa shape index (κ2) is 10.0. The predicted octanol–water partition coefficient (Wildman–Crippen LogP) is 3.47. The number of nitrogens with one attached hydrogen (secondary N) is 2. The first-order valence-corrected chi connectivity index (χ1v) is 9.89. The third kappa shape index (κ3) is 6.56. The van der Waals surface area contributed by atoms with Gasteiger partial charge in [-0.25, -0.2) is 0 Å². The summed E-state index contributed by atoms with van der Waals surface area (Å²) < 4.78 is 0. The fourth-order valence-electron chi connectivity index (χ4n) is 2.41. The summed E-state index contributed by atoms with van der Waals surface area (Å²) in [7, 11) is 0. The summed E-state index contributed by atoms with van der Waals surface area (Å²) in [5.41, 5.74) is 4.12. The van der Waals surface area contributed by atoms with Crippen LogP contribution in [0.5, 0.6) is 0 Å². The van der Waals surface area contributed by atoms with Gasteiger partial charge < -0.3 is 10.6 Å². The first-order valence-electron chi connectivity index (χ1n) is 8.74. The van der Waals surface area contributed by atoms with Gasteiger partial charge in [0.2, 0.25) is 5.91 Å². The number of hydrogen-bond donors (Lipinski definition) is 2. The van der Waals surface area contributed by atoms with Crippen molar-refractivity contribution in [2.75, 3.05) is 12.3 Å². The molecule has 0 aliphatic heterocycles. The minimum atomic E-state index is -0.565. The minimum Gasteiger partial charge on any atom is -0.353 e. The first-order chi connectivity index (χ1) is 12.5. The van der Waals surface area contributed by atoms with Crippen LogP contribution in [0.25, 0.3) is 0 Å². The molecule has 2 rings (SSSR count). The molecule has 2 N–H and O–H groups in total. The quantitative estimate of drug-likeness (QED) is 0.700. The molecule has 0 bridgehead atoms. The summed E-state index contributed by atoms with van der Waals surface area (Å²) in [6.07, 6.45) is 0. The fraction of sp³-hybridized carbons (Fsp3) is 0.333. The van der Waals surface area contributed by atoms with Crippen LogP contribution in [0.15, 0.2) is 48.5 Å². The zero-order chi connectivity index (χ0) is 18.9. The number of aryl methyl sites for hydroxylation is 2. The Morgan fingerprint density at radius 3 is 2.46 bits per heavy atom. The lowest BCUT2D eigenvalue weighted by Crippen LogP contribution is -2.45. The van der Waals surface area contributed by atoms with E-state index in [1.807, 2.05) is 25.1 Å². The SMILES string of the molecule is Cc1ccc(CSCCNC(=O)[C@H](C)NC(=O)c2cccc(C)c2)cc1. The first kappa shape index (κ1) is 20.0. The molecule has 138 valence electrons. The van der Waals surface area contributed by atoms with Crippen LogP contribution >= 0.6 is 11.8 Å². The van der Waals surface area contributed by atoms with Crippen LogP contribution in [0.2, 0.25) is 0 Å². The maximum atomic E-state index is 12.2. The second-order valence-corrected chi connectivity index (χ2v) is 7.50. The summed E-state index contributed by atoms with van der Waals surface area (Å²) in [6.45, 7) is 6.29. The van der Waals surface area contributed by atoms with Crippen molar-refractivity contribution >= 4 is 23.6 Å². The molecule has 0 unspecified atom stereocenters. The molecule has 2 aromatic carbocycles. The Labute approximate surface area is 159 Å². The molecule has 2 aromatic rings. The maximum Gasteiger partial charge on any atom is 0.251 e. The van der Waals surface area contributed by atoms with E-state index in [9.17, 15) is 9.59 Å². The number of carbonyl (C=O) groups excluding carboxylic acids is 2. The lowest BCUT2D eigenvalue weighted by Gasteiger charge is -2.14. The minimum absolute atomic E-state index is 0.165. The Kier molecular flexibility index (Phi) is 7.73. The van der Waals surface area contributed by atoms with E-state index < -0.39 is 6.04 Å². The van der Waals surface area contributed by atoms with Gasteiger partial charge in [0, 0.05) is 23.6 Å². The molecular weight excluding hydrogens is 344 g/mol. The third-order valence-corrected chi connectivity index (χ3v) is 4.99. The summed E-state index contributed by atoms with van der Waals surface area (Å²) in [5.74, 6) is 1.36. The van der Waals surface area contributed by atoms with Crippen molar-refractivity contribution in [3.05, 3.63) is 70.8 Å². The topological polar surface area (TPSA) is 58.2 Å². The molecule has 0 radical (unpaired) electrons. The lowest BCUT2D eigenvalue weighted by atomic mass is 10.1. The molecule has 5 heteroatoms. The number of amides is 2. The molecule has 0 aromatic heterocycles. The Bertz CT molecular complexity index is 744. The molecule has 1 atom stereocenters.